The number of amides is 1. The summed E-state index contributed by atoms with van der Waals surface area (Å²) in [5.74, 6) is -0.218. The second kappa shape index (κ2) is 6.02. The second-order valence-electron chi connectivity index (χ2n) is 4.76. The van der Waals surface area contributed by atoms with Crippen LogP contribution in [0.25, 0.3) is 0 Å². The van der Waals surface area contributed by atoms with Crippen LogP contribution in [-0.4, -0.2) is 25.0 Å². The van der Waals surface area contributed by atoms with Gasteiger partial charge in [-0.3, -0.25) is 4.79 Å². The summed E-state index contributed by atoms with van der Waals surface area (Å²) in [6.07, 6.45) is 0. The minimum Gasteiger partial charge on any atom is -0.378 e. The Morgan fingerprint density at radius 2 is 2.20 bits per heavy atom. The van der Waals surface area contributed by atoms with Crippen LogP contribution in [-0.2, 0) is 0 Å². The van der Waals surface area contributed by atoms with Crippen molar-refractivity contribution in [2.75, 3.05) is 24.3 Å². The second-order valence-corrected chi connectivity index (χ2v) is 5.65. The summed E-state index contributed by atoms with van der Waals surface area (Å²) in [7, 11) is 3.91. The molecule has 0 spiro atoms. The molecule has 0 saturated heterocycles. The lowest BCUT2D eigenvalue weighted by molar-refractivity contribution is 0.102. The first-order valence-corrected chi connectivity index (χ1v) is 7.15. The van der Waals surface area contributed by atoms with E-state index in [1.54, 1.807) is 5.38 Å². The number of benzene rings is 1. The Morgan fingerprint density at radius 3 is 2.80 bits per heavy atom. The van der Waals surface area contributed by atoms with Crippen molar-refractivity contribution in [2.45, 2.75) is 13.0 Å². The van der Waals surface area contributed by atoms with Crippen molar-refractivity contribution in [1.29, 1.82) is 0 Å². The fraction of sp³-hybridized carbons (Fsp3) is 0.286. The zero-order chi connectivity index (χ0) is 14.7. The Hall–Kier alpha value is -1.92. The molecule has 5 nitrogen and oxygen atoms in total. The third-order valence-corrected chi connectivity index (χ3v) is 3.81. The normalized spacial score (nSPS) is 12.0. The Balaban J connectivity index is 2.12. The lowest BCUT2D eigenvalue weighted by Gasteiger charge is -2.13. The van der Waals surface area contributed by atoms with Crippen LogP contribution < -0.4 is 16.0 Å². The molecule has 1 heterocycles. The maximum atomic E-state index is 12.1. The SMILES string of the molecule is CC(N)c1nc(C(=O)Nc2cccc(N(C)C)c2)cs1. The zero-order valence-corrected chi connectivity index (χ0v) is 12.6. The van der Waals surface area contributed by atoms with E-state index in [2.05, 4.69) is 10.3 Å². The molecule has 3 N–H and O–H groups in total. The van der Waals surface area contributed by atoms with Crippen molar-refractivity contribution in [2.24, 2.45) is 5.73 Å². The standard InChI is InChI=1S/C14H18N4OS/c1-9(15)14-17-12(8-20-14)13(19)16-10-5-4-6-11(7-10)18(2)3/h4-9H,15H2,1-3H3,(H,16,19). The van der Waals surface area contributed by atoms with Crippen LogP contribution in [0.4, 0.5) is 11.4 Å². The van der Waals surface area contributed by atoms with Gasteiger partial charge in [-0.15, -0.1) is 11.3 Å². The molecule has 0 aliphatic heterocycles. The van der Waals surface area contributed by atoms with Crippen LogP contribution in [0.2, 0.25) is 0 Å². The molecule has 6 heteroatoms. The Labute approximate surface area is 122 Å². The molecular weight excluding hydrogens is 272 g/mol. The van der Waals surface area contributed by atoms with Gasteiger partial charge in [0.1, 0.15) is 10.7 Å². The van der Waals surface area contributed by atoms with Crippen LogP contribution in [0.15, 0.2) is 29.6 Å². The molecule has 0 saturated carbocycles. The minimum absolute atomic E-state index is 0.154. The Morgan fingerprint density at radius 1 is 1.45 bits per heavy atom. The quantitative estimate of drug-likeness (QED) is 0.907. The van der Waals surface area contributed by atoms with Crippen molar-refractivity contribution in [3.8, 4) is 0 Å². The first-order chi connectivity index (χ1) is 9.47. The maximum Gasteiger partial charge on any atom is 0.275 e. The van der Waals surface area contributed by atoms with Crippen LogP contribution in [0.3, 0.4) is 0 Å². The highest BCUT2D eigenvalue weighted by Crippen LogP contribution is 2.20. The van der Waals surface area contributed by atoms with E-state index in [1.165, 1.54) is 11.3 Å². The van der Waals surface area contributed by atoms with Crippen LogP contribution >= 0.6 is 11.3 Å². The van der Waals surface area contributed by atoms with Crippen LogP contribution in [0.1, 0.15) is 28.5 Å². The van der Waals surface area contributed by atoms with Crippen LogP contribution in [0, 0.1) is 0 Å². The van der Waals surface area contributed by atoms with Crippen molar-refractivity contribution in [3.63, 3.8) is 0 Å². The average molecular weight is 290 g/mol. The number of nitrogens with two attached hydrogens (primary N) is 1. The van der Waals surface area contributed by atoms with Crippen molar-refractivity contribution < 1.29 is 4.79 Å². The number of carbonyl (C=O) groups excluding carboxylic acids is 1. The van der Waals surface area contributed by atoms with Gasteiger partial charge in [-0.25, -0.2) is 4.98 Å². The summed E-state index contributed by atoms with van der Waals surface area (Å²) >= 11 is 1.40. The highest BCUT2D eigenvalue weighted by Gasteiger charge is 2.13. The Bertz CT molecular complexity index is 607. The molecule has 1 aromatic carbocycles. The van der Waals surface area contributed by atoms with E-state index in [0.29, 0.717) is 5.69 Å². The molecule has 2 aromatic rings. The van der Waals surface area contributed by atoms with Gasteiger partial charge in [0.15, 0.2) is 0 Å². The van der Waals surface area contributed by atoms with E-state index in [1.807, 2.05) is 50.2 Å². The molecule has 20 heavy (non-hydrogen) atoms. The van der Waals surface area contributed by atoms with Gasteiger partial charge in [0.05, 0.1) is 6.04 Å². The predicted octanol–water partition coefficient (Wildman–Crippen LogP) is 2.48. The summed E-state index contributed by atoms with van der Waals surface area (Å²) in [6, 6.07) is 7.49. The van der Waals surface area contributed by atoms with Crippen LogP contribution in [0.5, 0.6) is 0 Å². The van der Waals surface area contributed by atoms with Gasteiger partial charge in [-0.05, 0) is 25.1 Å². The van der Waals surface area contributed by atoms with Gasteiger partial charge >= 0.3 is 0 Å². The smallest absolute Gasteiger partial charge is 0.275 e. The topological polar surface area (TPSA) is 71.2 Å². The highest BCUT2D eigenvalue weighted by molar-refractivity contribution is 7.09. The van der Waals surface area contributed by atoms with Gasteiger partial charge < -0.3 is 16.0 Å². The maximum absolute atomic E-state index is 12.1. The number of anilines is 2. The molecule has 0 aliphatic rings. The van der Waals surface area contributed by atoms with E-state index >= 15 is 0 Å². The first kappa shape index (κ1) is 14.5. The number of nitrogens with zero attached hydrogens (tertiary/aromatic N) is 2. The molecule has 1 unspecified atom stereocenters. The van der Waals surface area contributed by atoms with E-state index in [-0.39, 0.29) is 11.9 Å². The molecule has 2 rings (SSSR count). The van der Waals surface area contributed by atoms with Gasteiger partial charge in [-0.1, -0.05) is 6.07 Å². The number of hydrogen-bond donors (Lipinski definition) is 2. The Kier molecular flexibility index (Phi) is 4.36. The summed E-state index contributed by atoms with van der Waals surface area (Å²) < 4.78 is 0. The molecule has 0 radical (unpaired) electrons. The third-order valence-electron chi connectivity index (χ3n) is 2.76. The summed E-state index contributed by atoms with van der Waals surface area (Å²) in [6.45, 7) is 1.85. The van der Waals surface area contributed by atoms with Gasteiger partial charge in [0.2, 0.25) is 0 Å². The summed E-state index contributed by atoms with van der Waals surface area (Å²) in [4.78, 5) is 18.3. The molecular formula is C14H18N4OS. The molecule has 0 aliphatic carbocycles. The fourth-order valence-electron chi connectivity index (χ4n) is 1.66. The van der Waals surface area contributed by atoms with Crippen molar-refractivity contribution in [1.82, 2.24) is 4.98 Å². The lowest BCUT2D eigenvalue weighted by Crippen LogP contribution is -2.14. The fourth-order valence-corrected chi connectivity index (χ4v) is 2.42. The summed E-state index contributed by atoms with van der Waals surface area (Å²) in [5.41, 5.74) is 7.92. The molecule has 106 valence electrons. The highest BCUT2D eigenvalue weighted by atomic mass is 32.1. The number of hydrogen-bond acceptors (Lipinski definition) is 5. The number of thiazole rings is 1. The van der Waals surface area contributed by atoms with Gasteiger partial charge in [0.25, 0.3) is 5.91 Å². The van der Waals surface area contributed by atoms with E-state index in [0.717, 1.165) is 16.4 Å². The largest absolute Gasteiger partial charge is 0.378 e. The zero-order valence-electron chi connectivity index (χ0n) is 11.8. The first-order valence-electron chi connectivity index (χ1n) is 6.27. The number of rotatable bonds is 4. The number of aromatic nitrogens is 1. The predicted molar refractivity (Wildman–Crippen MR) is 83.4 cm³/mol. The minimum atomic E-state index is -0.218. The van der Waals surface area contributed by atoms with E-state index < -0.39 is 0 Å². The van der Waals surface area contributed by atoms with E-state index in [9.17, 15) is 4.79 Å². The van der Waals surface area contributed by atoms with E-state index in [4.69, 9.17) is 5.73 Å². The average Bonchev–Trinajstić information content (AvgIpc) is 2.88. The molecule has 1 aromatic heterocycles. The third kappa shape index (κ3) is 3.34. The molecule has 1 atom stereocenters. The molecule has 0 bridgehead atoms. The van der Waals surface area contributed by atoms with Gasteiger partial charge in [0, 0.05) is 30.9 Å². The van der Waals surface area contributed by atoms with Crippen molar-refractivity contribution in [3.05, 3.63) is 40.3 Å². The number of carbonyl (C=O) groups is 1. The molecule has 0 fully saturated rings. The summed E-state index contributed by atoms with van der Waals surface area (Å²) in [5, 5.41) is 5.33. The van der Waals surface area contributed by atoms with Gasteiger partial charge in [-0.2, -0.15) is 0 Å². The molecule has 1 amide bonds. The number of nitrogens with one attached hydrogen (secondary N) is 1. The monoisotopic (exact) mass is 290 g/mol. The lowest BCUT2D eigenvalue weighted by atomic mass is 10.2. The van der Waals surface area contributed by atoms with Crippen molar-refractivity contribution >= 4 is 28.6 Å².